The molecule has 5 nitrogen and oxygen atoms in total. The van der Waals surface area contributed by atoms with Gasteiger partial charge in [-0.15, -0.1) is 0 Å². The van der Waals surface area contributed by atoms with E-state index in [1.165, 1.54) is 16.8 Å². The number of fused-ring (bicyclic) bond motifs is 2. The van der Waals surface area contributed by atoms with E-state index in [1.54, 1.807) is 6.20 Å². The summed E-state index contributed by atoms with van der Waals surface area (Å²) in [7, 11) is 0. The lowest BCUT2D eigenvalue weighted by Crippen LogP contribution is -2.52. The number of aryl methyl sites for hydroxylation is 1. The molecule has 1 aromatic heterocycles. The zero-order valence-electron chi connectivity index (χ0n) is 19.2. The summed E-state index contributed by atoms with van der Waals surface area (Å²) in [6.45, 7) is 10.4. The molecule has 6 heteroatoms. The van der Waals surface area contributed by atoms with Gasteiger partial charge < -0.3 is 20.2 Å². The highest BCUT2D eigenvalue weighted by atomic mass is 35.5. The largest absolute Gasteiger partial charge is 0.392 e. The van der Waals surface area contributed by atoms with Crippen molar-refractivity contribution in [1.82, 2.24) is 9.88 Å². The number of hydrogen-bond donors (Lipinski definition) is 2. The molecule has 3 atom stereocenters. The molecule has 2 fully saturated rings. The summed E-state index contributed by atoms with van der Waals surface area (Å²) in [6.07, 6.45) is 4.71. The number of aliphatic hydroxyl groups is 1. The highest BCUT2D eigenvalue weighted by Gasteiger charge is 2.46. The lowest BCUT2D eigenvalue weighted by Gasteiger charge is -2.46. The number of rotatable bonds is 4. The summed E-state index contributed by atoms with van der Waals surface area (Å²) in [5.74, 6) is 0.935. The number of β-amino-alcohol motifs (C(OH)–C–C–N with tert-alkyl or cyclic N) is 1. The molecule has 4 heterocycles. The van der Waals surface area contributed by atoms with E-state index >= 15 is 0 Å². The monoisotopic (exact) mass is 454 g/mol. The number of nitrogens with zero attached hydrogens (tertiary/aromatic N) is 3. The molecular formula is C26H35ClN4O. The van der Waals surface area contributed by atoms with E-state index in [0.717, 1.165) is 64.2 Å². The Morgan fingerprint density at radius 1 is 1.22 bits per heavy atom. The normalized spacial score (nSPS) is 27.4. The summed E-state index contributed by atoms with van der Waals surface area (Å²) in [6, 6.07) is 10.8. The smallest absolute Gasteiger partial charge is 0.131 e. The minimum absolute atomic E-state index is 0.238. The number of anilines is 2. The number of nitrogens with one attached hydrogen (secondary N) is 1. The summed E-state index contributed by atoms with van der Waals surface area (Å²) in [4.78, 5) is 8.94. The fourth-order valence-corrected chi connectivity index (χ4v) is 6.39. The van der Waals surface area contributed by atoms with E-state index in [-0.39, 0.29) is 11.5 Å². The van der Waals surface area contributed by atoms with Crippen molar-refractivity contribution in [2.75, 3.05) is 49.5 Å². The number of halogens is 1. The van der Waals surface area contributed by atoms with Gasteiger partial charge in [0.25, 0.3) is 0 Å². The standard InChI is InChI=1S/C26H35ClN4O/c1-18-3-4-22-23(13-18)29-17-26(22)8-12-30(15-19(26)2)16-24(32)20-6-10-31(11-7-20)21-5-9-28-25(27)14-21/h3-5,9,13-14,19-20,24,29,32H,6-8,10-12,15-17H2,1-2H3/t19?,24-,26?/m1/s1. The maximum Gasteiger partial charge on any atom is 0.131 e. The summed E-state index contributed by atoms with van der Waals surface area (Å²) in [5, 5.41) is 15.3. The first-order chi connectivity index (χ1) is 15.4. The Kier molecular flexibility index (Phi) is 6.08. The molecule has 2 N–H and O–H groups in total. The van der Waals surface area contributed by atoms with E-state index < -0.39 is 0 Å². The fraction of sp³-hybridized carbons (Fsp3) is 0.577. The molecule has 2 saturated heterocycles. The van der Waals surface area contributed by atoms with Crippen molar-refractivity contribution in [1.29, 1.82) is 0 Å². The second-order valence-corrected chi connectivity index (χ2v) is 10.6. The average Bonchev–Trinajstić information content (AvgIpc) is 3.15. The van der Waals surface area contributed by atoms with E-state index in [9.17, 15) is 5.11 Å². The second-order valence-electron chi connectivity index (χ2n) is 10.2. The Morgan fingerprint density at radius 2 is 2.03 bits per heavy atom. The molecule has 0 amide bonds. The lowest BCUT2D eigenvalue weighted by atomic mass is 9.67. The molecule has 0 aliphatic carbocycles. The third kappa shape index (κ3) is 4.11. The fourth-order valence-electron chi connectivity index (χ4n) is 6.22. The molecule has 1 spiro atoms. The SMILES string of the molecule is Cc1ccc2c(c1)NCC21CCN(C[C@@H](O)C2CCN(c3ccnc(Cl)c3)CC2)CC1C. The van der Waals surface area contributed by atoms with Crippen molar-refractivity contribution in [3.8, 4) is 0 Å². The first-order valence-corrected chi connectivity index (χ1v) is 12.4. The number of pyridine rings is 1. The van der Waals surface area contributed by atoms with Gasteiger partial charge in [-0.2, -0.15) is 0 Å². The van der Waals surface area contributed by atoms with Crippen molar-refractivity contribution < 1.29 is 5.11 Å². The summed E-state index contributed by atoms with van der Waals surface area (Å²) >= 11 is 6.06. The molecule has 3 aliphatic rings. The highest BCUT2D eigenvalue weighted by Crippen LogP contribution is 2.47. The van der Waals surface area contributed by atoms with E-state index in [0.29, 0.717) is 17.0 Å². The van der Waals surface area contributed by atoms with Gasteiger partial charge in [-0.3, -0.25) is 0 Å². The van der Waals surface area contributed by atoms with Gasteiger partial charge in [0.1, 0.15) is 5.15 Å². The van der Waals surface area contributed by atoms with Crippen molar-refractivity contribution in [3.63, 3.8) is 0 Å². The van der Waals surface area contributed by atoms with Crippen molar-refractivity contribution in [3.05, 3.63) is 52.8 Å². The molecule has 2 unspecified atom stereocenters. The van der Waals surface area contributed by atoms with Crippen LogP contribution in [0, 0.1) is 18.8 Å². The molecular weight excluding hydrogens is 420 g/mol. The average molecular weight is 455 g/mol. The maximum atomic E-state index is 11.1. The summed E-state index contributed by atoms with van der Waals surface area (Å²) < 4.78 is 0. The van der Waals surface area contributed by atoms with Gasteiger partial charge in [-0.25, -0.2) is 4.98 Å². The van der Waals surface area contributed by atoms with Crippen molar-refractivity contribution in [2.45, 2.75) is 44.6 Å². The Labute approximate surface area is 196 Å². The third-order valence-corrected chi connectivity index (χ3v) is 8.47. The quantitative estimate of drug-likeness (QED) is 0.673. The molecule has 3 aliphatic heterocycles. The van der Waals surface area contributed by atoms with Crippen LogP contribution in [0.3, 0.4) is 0 Å². The van der Waals surface area contributed by atoms with Crippen LogP contribution >= 0.6 is 11.6 Å². The Balaban J connectivity index is 1.16. The predicted octanol–water partition coefficient (Wildman–Crippen LogP) is 4.33. The van der Waals surface area contributed by atoms with E-state index in [4.69, 9.17) is 11.6 Å². The van der Waals surface area contributed by atoms with Crippen LogP contribution < -0.4 is 10.2 Å². The topological polar surface area (TPSA) is 51.6 Å². The Bertz CT molecular complexity index is 961. The Hall–Kier alpha value is -1.82. The molecule has 5 rings (SSSR count). The van der Waals surface area contributed by atoms with Gasteiger partial charge in [0.2, 0.25) is 0 Å². The highest BCUT2D eigenvalue weighted by molar-refractivity contribution is 6.29. The number of hydrogen-bond acceptors (Lipinski definition) is 5. The van der Waals surface area contributed by atoms with Crippen LogP contribution in [-0.4, -0.2) is 60.4 Å². The van der Waals surface area contributed by atoms with Crippen LogP contribution in [0.4, 0.5) is 11.4 Å². The molecule has 1 aromatic carbocycles. The molecule has 0 saturated carbocycles. The number of aromatic nitrogens is 1. The van der Waals surface area contributed by atoms with Gasteiger partial charge in [-0.05, 0) is 73.9 Å². The van der Waals surface area contributed by atoms with Crippen LogP contribution in [-0.2, 0) is 5.41 Å². The van der Waals surface area contributed by atoms with Gasteiger partial charge in [0, 0.05) is 55.7 Å². The molecule has 0 radical (unpaired) electrons. The molecule has 0 bridgehead atoms. The number of aliphatic hydroxyl groups excluding tert-OH is 1. The van der Waals surface area contributed by atoms with Crippen molar-refractivity contribution >= 4 is 23.0 Å². The van der Waals surface area contributed by atoms with Crippen LogP contribution in [0.1, 0.15) is 37.3 Å². The molecule has 32 heavy (non-hydrogen) atoms. The van der Waals surface area contributed by atoms with Gasteiger partial charge in [-0.1, -0.05) is 30.7 Å². The first kappa shape index (κ1) is 22.0. The second kappa shape index (κ2) is 8.85. The zero-order valence-corrected chi connectivity index (χ0v) is 20.0. The first-order valence-electron chi connectivity index (χ1n) is 12.1. The zero-order chi connectivity index (χ0) is 22.3. The van der Waals surface area contributed by atoms with Crippen LogP contribution in [0.25, 0.3) is 0 Å². The minimum atomic E-state index is -0.254. The minimum Gasteiger partial charge on any atom is -0.392 e. The van der Waals surface area contributed by atoms with Gasteiger partial charge in [0.15, 0.2) is 0 Å². The molecule has 172 valence electrons. The number of piperidine rings is 2. The Morgan fingerprint density at radius 3 is 2.78 bits per heavy atom. The van der Waals surface area contributed by atoms with Crippen LogP contribution in [0.15, 0.2) is 36.5 Å². The van der Waals surface area contributed by atoms with Crippen molar-refractivity contribution in [2.24, 2.45) is 11.8 Å². The molecule has 2 aromatic rings. The van der Waals surface area contributed by atoms with Crippen LogP contribution in [0.5, 0.6) is 0 Å². The van der Waals surface area contributed by atoms with Crippen LogP contribution in [0.2, 0.25) is 5.15 Å². The predicted molar refractivity (Wildman–Crippen MR) is 132 cm³/mol. The van der Waals surface area contributed by atoms with Gasteiger partial charge >= 0.3 is 0 Å². The summed E-state index contributed by atoms with van der Waals surface area (Å²) in [5.41, 5.74) is 5.52. The number of likely N-dealkylation sites (tertiary alicyclic amines) is 1. The lowest BCUT2D eigenvalue weighted by molar-refractivity contribution is 0.0244. The maximum absolute atomic E-state index is 11.1. The van der Waals surface area contributed by atoms with E-state index in [1.807, 2.05) is 12.1 Å². The third-order valence-electron chi connectivity index (χ3n) is 8.26. The van der Waals surface area contributed by atoms with E-state index in [2.05, 4.69) is 52.1 Å². The van der Waals surface area contributed by atoms with Gasteiger partial charge in [0.05, 0.1) is 6.10 Å². The number of benzene rings is 1.